The summed E-state index contributed by atoms with van der Waals surface area (Å²) >= 11 is 2.09. The Balaban J connectivity index is 1.33. The van der Waals surface area contributed by atoms with Gasteiger partial charge in [0.05, 0.1) is 18.8 Å². The second kappa shape index (κ2) is 10.6. The Kier molecular flexibility index (Phi) is 8.21. The number of aliphatic imine (C=N–C) groups is 1. The molecule has 0 bridgehead atoms. The number of nitrogens with one attached hydrogen (secondary N) is 1. The average Bonchev–Trinajstić information content (AvgIpc) is 2.69. The van der Waals surface area contributed by atoms with Crippen LogP contribution in [-0.2, 0) is 9.47 Å². The zero-order chi connectivity index (χ0) is 17.3. The third-order valence-electron chi connectivity index (χ3n) is 5.63. The Morgan fingerprint density at radius 1 is 1.16 bits per heavy atom. The highest BCUT2D eigenvalue weighted by Crippen LogP contribution is 2.22. The lowest BCUT2D eigenvalue weighted by Gasteiger charge is -2.35. The Morgan fingerprint density at radius 2 is 1.96 bits per heavy atom. The minimum Gasteiger partial charge on any atom is -0.376 e. The van der Waals surface area contributed by atoms with Crippen molar-refractivity contribution >= 4 is 17.7 Å². The molecule has 1 unspecified atom stereocenters. The van der Waals surface area contributed by atoms with Crippen LogP contribution in [0.4, 0.5) is 0 Å². The van der Waals surface area contributed by atoms with Crippen LogP contribution < -0.4 is 5.32 Å². The molecular weight excluding hydrogens is 334 g/mol. The minimum atomic E-state index is 0.329. The summed E-state index contributed by atoms with van der Waals surface area (Å²) in [6.07, 6.45) is 9.23. The number of likely N-dealkylation sites (tertiary alicyclic amines) is 1. The van der Waals surface area contributed by atoms with Gasteiger partial charge in [-0.05, 0) is 62.4 Å². The maximum absolute atomic E-state index is 6.13. The van der Waals surface area contributed by atoms with E-state index in [-0.39, 0.29) is 0 Å². The number of thioether (sulfide) groups is 1. The molecule has 144 valence electrons. The van der Waals surface area contributed by atoms with Crippen LogP contribution in [0.25, 0.3) is 0 Å². The predicted octanol–water partition coefficient (Wildman–Crippen LogP) is 2.76. The van der Waals surface area contributed by atoms with Crippen LogP contribution in [0, 0.1) is 5.92 Å². The van der Waals surface area contributed by atoms with Gasteiger partial charge in [0.1, 0.15) is 0 Å². The smallest absolute Gasteiger partial charge is 0.193 e. The summed E-state index contributed by atoms with van der Waals surface area (Å²) < 4.78 is 11.9. The van der Waals surface area contributed by atoms with Gasteiger partial charge in [0.2, 0.25) is 0 Å². The lowest BCUT2D eigenvalue weighted by molar-refractivity contribution is -0.0721. The molecular formula is C19H35N3O2S. The first kappa shape index (κ1) is 19.3. The number of rotatable bonds is 5. The van der Waals surface area contributed by atoms with Crippen LogP contribution in [0.3, 0.4) is 0 Å². The van der Waals surface area contributed by atoms with E-state index in [1.54, 1.807) is 0 Å². The van der Waals surface area contributed by atoms with Gasteiger partial charge >= 0.3 is 0 Å². The second-order valence-corrected chi connectivity index (χ2v) is 8.72. The van der Waals surface area contributed by atoms with Crippen molar-refractivity contribution in [3.63, 3.8) is 0 Å². The van der Waals surface area contributed by atoms with Crippen molar-refractivity contribution in [3.8, 4) is 0 Å². The van der Waals surface area contributed by atoms with Gasteiger partial charge in [0, 0.05) is 33.3 Å². The molecule has 1 N–H and O–H groups in total. The molecule has 3 fully saturated rings. The highest BCUT2D eigenvalue weighted by Gasteiger charge is 2.24. The summed E-state index contributed by atoms with van der Waals surface area (Å²) in [6.45, 7) is 4.83. The molecule has 0 aromatic carbocycles. The zero-order valence-corrected chi connectivity index (χ0v) is 16.6. The SMILES string of the molecule is CN=C(NCC1CCSCC1)N1CCC(OCC2CCCCO2)CC1. The van der Waals surface area contributed by atoms with E-state index in [1.807, 2.05) is 7.05 Å². The fourth-order valence-corrected chi connectivity index (χ4v) is 5.14. The van der Waals surface area contributed by atoms with Gasteiger partial charge in [0.25, 0.3) is 0 Å². The molecule has 0 amide bonds. The molecule has 6 heteroatoms. The van der Waals surface area contributed by atoms with E-state index in [2.05, 4.69) is 27.0 Å². The fraction of sp³-hybridized carbons (Fsp3) is 0.947. The normalized spacial score (nSPS) is 27.5. The highest BCUT2D eigenvalue weighted by molar-refractivity contribution is 7.99. The van der Waals surface area contributed by atoms with Gasteiger partial charge in [-0.3, -0.25) is 4.99 Å². The van der Waals surface area contributed by atoms with Crippen LogP contribution >= 0.6 is 11.8 Å². The van der Waals surface area contributed by atoms with Crippen LogP contribution in [0.2, 0.25) is 0 Å². The molecule has 0 saturated carbocycles. The minimum absolute atomic E-state index is 0.329. The number of piperidine rings is 1. The fourth-order valence-electron chi connectivity index (χ4n) is 3.93. The molecule has 3 aliphatic rings. The van der Waals surface area contributed by atoms with E-state index in [4.69, 9.17) is 9.47 Å². The van der Waals surface area contributed by atoms with E-state index in [0.29, 0.717) is 12.2 Å². The van der Waals surface area contributed by atoms with Crippen molar-refractivity contribution < 1.29 is 9.47 Å². The number of hydrogen-bond donors (Lipinski definition) is 1. The molecule has 25 heavy (non-hydrogen) atoms. The lowest BCUT2D eigenvalue weighted by Crippen LogP contribution is -2.48. The largest absolute Gasteiger partial charge is 0.376 e. The molecule has 3 aliphatic heterocycles. The highest BCUT2D eigenvalue weighted by atomic mass is 32.2. The molecule has 0 aromatic heterocycles. The molecule has 5 nitrogen and oxygen atoms in total. The summed E-state index contributed by atoms with van der Waals surface area (Å²) in [7, 11) is 1.90. The van der Waals surface area contributed by atoms with E-state index >= 15 is 0 Å². The first-order chi connectivity index (χ1) is 12.3. The zero-order valence-electron chi connectivity index (χ0n) is 15.8. The summed E-state index contributed by atoms with van der Waals surface area (Å²) in [4.78, 5) is 6.90. The van der Waals surface area contributed by atoms with Crippen molar-refractivity contribution in [1.29, 1.82) is 0 Å². The summed E-state index contributed by atoms with van der Waals surface area (Å²) in [5.41, 5.74) is 0. The first-order valence-electron chi connectivity index (χ1n) is 10.1. The van der Waals surface area contributed by atoms with Gasteiger partial charge in [-0.2, -0.15) is 11.8 Å². The molecule has 1 atom stereocenters. The van der Waals surface area contributed by atoms with Crippen molar-refractivity contribution in [1.82, 2.24) is 10.2 Å². The van der Waals surface area contributed by atoms with Crippen molar-refractivity contribution in [2.24, 2.45) is 10.9 Å². The summed E-state index contributed by atoms with van der Waals surface area (Å²) in [6, 6.07) is 0. The predicted molar refractivity (Wildman–Crippen MR) is 106 cm³/mol. The lowest BCUT2D eigenvalue weighted by atomic mass is 10.0. The van der Waals surface area contributed by atoms with E-state index in [1.165, 1.54) is 37.2 Å². The van der Waals surface area contributed by atoms with Crippen molar-refractivity contribution in [2.75, 3.05) is 51.4 Å². The van der Waals surface area contributed by atoms with Crippen LogP contribution in [0.15, 0.2) is 4.99 Å². The van der Waals surface area contributed by atoms with E-state index in [0.717, 1.165) is 64.0 Å². The number of hydrogen-bond acceptors (Lipinski definition) is 4. The van der Waals surface area contributed by atoms with Crippen molar-refractivity contribution in [3.05, 3.63) is 0 Å². The molecule has 0 aliphatic carbocycles. The van der Waals surface area contributed by atoms with Crippen LogP contribution in [0.1, 0.15) is 44.9 Å². The van der Waals surface area contributed by atoms with Gasteiger partial charge < -0.3 is 19.7 Å². The monoisotopic (exact) mass is 369 g/mol. The van der Waals surface area contributed by atoms with E-state index in [9.17, 15) is 0 Å². The van der Waals surface area contributed by atoms with Gasteiger partial charge in [-0.1, -0.05) is 0 Å². The Hall–Kier alpha value is -0.460. The Morgan fingerprint density at radius 3 is 2.64 bits per heavy atom. The maximum Gasteiger partial charge on any atom is 0.193 e. The molecule has 0 aromatic rings. The molecule has 0 radical (unpaired) electrons. The third-order valence-corrected chi connectivity index (χ3v) is 6.68. The number of ether oxygens (including phenoxy) is 2. The number of nitrogens with zero attached hydrogens (tertiary/aromatic N) is 2. The Bertz CT molecular complexity index is 401. The summed E-state index contributed by atoms with van der Waals surface area (Å²) in [5.74, 6) is 4.53. The molecule has 0 spiro atoms. The van der Waals surface area contributed by atoms with Gasteiger partial charge in [0.15, 0.2) is 5.96 Å². The number of guanidine groups is 1. The average molecular weight is 370 g/mol. The second-order valence-electron chi connectivity index (χ2n) is 7.49. The maximum atomic E-state index is 6.13. The van der Waals surface area contributed by atoms with E-state index < -0.39 is 0 Å². The molecule has 3 heterocycles. The van der Waals surface area contributed by atoms with Crippen LogP contribution in [-0.4, -0.2) is 74.5 Å². The van der Waals surface area contributed by atoms with Gasteiger partial charge in [-0.25, -0.2) is 0 Å². The van der Waals surface area contributed by atoms with Crippen LogP contribution in [0.5, 0.6) is 0 Å². The first-order valence-corrected chi connectivity index (χ1v) is 11.3. The Labute approximate surface area is 157 Å². The molecule has 3 rings (SSSR count). The molecule has 3 saturated heterocycles. The standard InChI is InChI=1S/C19H35N3O2S/c1-20-19(21-14-16-7-12-25-13-8-16)22-9-5-17(6-10-22)24-15-18-4-2-3-11-23-18/h16-18H,2-15H2,1H3,(H,20,21). The van der Waals surface area contributed by atoms with Crippen molar-refractivity contribution in [2.45, 2.75) is 57.2 Å². The quantitative estimate of drug-likeness (QED) is 0.596. The third kappa shape index (κ3) is 6.33. The van der Waals surface area contributed by atoms with Gasteiger partial charge in [-0.15, -0.1) is 0 Å². The summed E-state index contributed by atoms with van der Waals surface area (Å²) in [5, 5.41) is 3.61. The topological polar surface area (TPSA) is 46.1 Å².